The summed E-state index contributed by atoms with van der Waals surface area (Å²) in [6.45, 7) is 2.34. The first kappa shape index (κ1) is 9.92. The summed E-state index contributed by atoms with van der Waals surface area (Å²) in [5.74, 6) is 0.885. The molecular formula is C9H14N2O2. The van der Waals surface area contributed by atoms with Crippen molar-refractivity contribution in [3.8, 4) is 0 Å². The minimum Gasteiger partial charge on any atom is -0.438 e. The standard InChI is InChI=1S/C9H14N2O2/c1-7(12)8-6-10-9(13-8)4-5-11(2)3/h6H,4-5H2,1-3H3. The summed E-state index contributed by atoms with van der Waals surface area (Å²) in [7, 11) is 3.96. The van der Waals surface area contributed by atoms with E-state index in [2.05, 4.69) is 4.98 Å². The maximum absolute atomic E-state index is 10.9. The number of hydrogen-bond acceptors (Lipinski definition) is 4. The molecule has 1 aromatic heterocycles. The Bertz CT molecular complexity index is 292. The van der Waals surface area contributed by atoms with Crippen molar-refractivity contribution in [2.75, 3.05) is 20.6 Å². The molecular weight excluding hydrogens is 168 g/mol. The van der Waals surface area contributed by atoms with Gasteiger partial charge in [-0.05, 0) is 14.1 Å². The topological polar surface area (TPSA) is 46.3 Å². The van der Waals surface area contributed by atoms with Crippen LogP contribution in [0.1, 0.15) is 23.4 Å². The number of likely N-dealkylation sites (N-methyl/N-ethyl adjacent to an activating group) is 1. The van der Waals surface area contributed by atoms with Gasteiger partial charge in [-0.3, -0.25) is 4.79 Å². The van der Waals surface area contributed by atoms with Gasteiger partial charge in [-0.2, -0.15) is 0 Å². The molecule has 0 radical (unpaired) electrons. The van der Waals surface area contributed by atoms with Crippen LogP contribution in [-0.2, 0) is 6.42 Å². The number of oxazole rings is 1. The van der Waals surface area contributed by atoms with E-state index in [1.165, 1.54) is 13.1 Å². The van der Waals surface area contributed by atoms with E-state index in [-0.39, 0.29) is 5.78 Å². The maximum atomic E-state index is 10.9. The van der Waals surface area contributed by atoms with E-state index in [4.69, 9.17) is 4.42 Å². The summed E-state index contributed by atoms with van der Waals surface area (Å²) in [4.78, 5) is 16.9. The Morgan fingerprint density at radius 1 is 1.62 bits per heavy atom. The van der Waals surface area contributed by atoms with Gasteiger partial charge in [-0.1, -0.05) is 0 Å². The third-order valence-electron chi connectivity index (χ3n) is 1.67. The second-order valence-corrected chi connectivity index (χ2v) is 3.23. The van der Waals surface area contributed by atoms with Crippen molar-refractivity contribution in [1.29, 1.82) is 0 Å². The molecule has 0 bridgehead atoms. The van der Waals surface area contributed by atoms with Crippen LogP contribution in [0.2, 0.25) is 0 Å². The largest absolute Gasteiger partial charge is 0.438 e. The number of Topliss-reactive ketones (excluding diaryl/α,β-unsaturated/α-hetero) is 1. The van der Waals surface area contributed by atoms with Gasteiger partial charge in [-0.25, -0.2) is 4.98 Å². The molecule has 0 atom stereocenters. The van der Waals surface area contributed by atoms with Crippen LogP contribution in [0.15, 0.2) is 10.6 Å². The fraction of sp³-hybridized carbons (Fsp3) is 0.556. The molecule has 1 aromatic rings. The number of carbonyl (C=O) groups is 1. The molecule has 0 saturated carbocycles. The molecule has 4 nitrogen and oxygen atoms in total. The van der Waals surface area contributed by atoms with Crippen molar-refractivity contribution in [1.82, 2.24) is 9.88 Å². The molecule has 72 valence electrons. The van der Waals surface area contributed by atoms with E-state index < -0.39 is 0 Å². The Morgan fingerprint density at radius 3 is 2.77 bits per heavy atom. The highest BCUT2D eigenvalue weighted by Gasteiger charge is 2.07. The quantitative estimate of drug-likeness (QED) is 0.651. The summed E-state index contributed by atoms with van der Waals surface area (Å²) in [6, 6.07) is 0. The van der Waals surface area contributed by atoms with E-state index in [1.54, 1.807) is 0 Å². The van der Waals surface area contributed by atoms with Crippen LogP contribution in [0.25, 0.3) is 0 Å². The highest BCUT2D eigenvalue weighted by atomic mass is 16.4. The van der Waals surface area contributed by atoms with E-state index in [9.17, 15) is 4.79 Å². The van der Waals surface area contributed by atoms with Crippen LogP contribution in [0, 0.1) is 0 Å². The molecule has 0 aliphatic rings. The Morgan fingerprint density at radius 2 is 2.31 bits per heavy atom. The Hall–Kier alpha value is -1.16. The summed E-state index contributed by atoms with van der Waals surface area (Å²) in [6.07, 6.45) is 2.22. The van der Waals surface area contributed by atoms with Crippen LogP contribution in [0.4, 0.5) is 0 Å². The van der Waals surface area contributed by atoms with Crippen molar-refractivity contribution < 1.29 is 9.21 Å². The summed E-state index contributed by atoms with van der Waals surface area (Å²) in [5, 5.41) is 0. The molecule has 0 fully saturated rings. The van der Waals surface area contributed by atoms with E-state index in [1.807, 2.05) is 19.0 Å². The fourth-order valence-corrected chi connectivity index (χ4v) is 0.908. The molecule has 0 amide bonds. The number of hydrogen-bond donors (Lipinski definition) is 0. The van der Waals surface area contributed by atoms with Crippen LogP contribution in [0.5, 0.6) is 0 Å². The summed E-state index contributed by atoms with van der Waals surface area (Å²) >= 11 is 0. The number of nitrogens with zero attached hydrogens (tertiary/aromatic N) is 2. The Kier molecular flexibility index (Phi) is 3.19. The van der Waals surface area contributed by atoms with E-state index in [0.717, 1.165) is 13.0 Å². The average Bonchev–Trinajstić information content (AvgIpc) is 2.48. The molecule has 0 saturated heterocycles. The van der Waals surface area contributed by atoms with E-state index >= 15 is 0 Å². The van der Waals surface area contributed by atoms with Crippen LogP contribution in [0.3, 0.4) is 0 Å². The maximum Gasteiger partial charge on any atom is 0.196 e. The number of carbonyl (C=O) groups excluding carboxylic acids is 1. The van der Waals surface area contributed by atoms with Gasteiger partial charge < -0.3 is 9.32 Å². The van der Waals surface area contributed by atoms with Crippen molar-refractivity contribution in [3.63, 3.8) is 0 Å². The number of ketones is 1. The summed E-state index contributed by atoms with van der Waals surface area (Å²) in [5.41, 5.74) is 0. The van der Waals surface area contributed by atoms with Gasteiger partial charge in [0.1, 0.15) is 0 Å². The monoisotopic (exact) mass is 182 g/mol. The highest BCUT2D eigenvalue weighted by molar-refractivity contribution is 5.90. The first-order chi connectivity index (χ1) is 6.09. The lowest BCUT2D eigenvalue weighted by Crippen LogP contribution is -2.15. The van der Waals surface area contributed by atoms with E-state index in [0.29, 0.717) is 11.7 Å². The van der Waals surface area contributed by atoms with Crippen LogP contribution >= 0.6 is 0 Å². The highest BCUT2D eigenvalue weighted by Crippen LogP contribution is 2.04. The van der Waals surface area contributed by atoms with Gasteiger partial charge in [0.25, 0.3) is 0 Å². The molecule has 1 heterocycles. The van der Waals surface area contributed by atoms with Gasteiger partial charge in [-0.15, -0.1) is 0 Å². The van der Waals surface area contributed by atoms with Crippen LogP contribution in [-0.4, -0.2) is 36.3 Å². The molecule has 0 aliphatic heterocycles. The minimum absolute atomic E-state index is 0.0800. The summed E-state index contributed by atoms with van der Waals surface area (Å²) < 4.78 is 5.21. The zero-order valence-electron chi connectivity index (χ0n) is 8.20. The first-order valence-electron chi connectivity index (χ1n) is 4.20. The molecule has 1 rings (SSSR count). The predicted octanol–water partition coefficient (Wildman–Crippen LogP) is 0.981. The minimum atomic E-state index is -0.0800. The zero-order chi connectivity index (χ0) is 9.84. The molecule has 4 heteroatoms. The molecule has 13 heavy (non-hydrogen) atoms. The predicted molar refractivity (Wildman–Crippen MR) is 48.8 cm³/mol. The molecule has 0 spiro atoms. The average molecular weight is 182 g/mol. The van der Waals surface area contributed by atoms with Gasteiger partial charge in [0.05, 0.1) is 6.20 Å². The van der Waals surface area contributed by atoms with Crippen molar-refractivity contribution in [2.24, 2.45) is 0 Å². The van der Waals surface area contributed by atoms with Crippen molar-refractivity contribution in [3.05, 3.63) is 17.8 Å². The molecule has 0 N–H and O–H groups in total. The molecule has 0 unspecified atom stereocenters. The molecule has 0 aromatic carbocycles. The lowest BCUT2D eigenvalue weighted by Gasteiger charge is -2.05. The smallest absolute Gasteiger partial charge is 0.196 e. The normalized spacial score (nSPS) is 10.8. The first-order valence-corrected chi connectivity index (χ1v) is 4.20. The van der Waals surface area contributed by atoms with Gasteiger partial charge in [0, 0.05) is 19.9 Å². The van der Waals surface area contributed by atoms with Gasteiger partial charge in [0.2, 0.25) is 0 Å². The number of rotatable bonds is 4. The third-order valence-corrected chi connectivity index (χ3v) is 1.67. The zero-order valence-corrected chi connectivity index (χ0v) is 8.20. The van der Waals surface area contributed by atoms with Crippen molar-refractivity contribution in [2.45, 2.75) is 13.3 Å². The number of aromatic nitrogens is 1. The Balaban J connectivity index is 2.54. The lowest BCUT2D eigenvalue weighted by molar-refractivity contribution is 0.0985. The SMILES string of the molecule is CC(=O)c1cnc(CCN(C)C)o1. The second-order valence-electron chi connectivity index (χ2n) is 3.23. The fourth-order valence-electron chi connectivity index (χ4n) is 0.908. The third kappa shape index (κ3) is 2.99. The van der Waals surface area contributed by atoms with Crippen LogP contribution < -0.4 is 0 Å². The van der Waals surface area contributed by atoms with Gasteiger partial charge >= 0.3 is 0 Å². The molecule has 0 aliphatic carbocycles. The van der Waals surface area contributed by atoms with Crippen molar-refractivity contribution >= 4 is 5.78 Å². The lowest BCUT2D eigenvalue weighted by atomic mass is 10.4. The second kappa shape index (κ2) is 4.18. The Labute approximate surface area is 77.6 Å². The van der Waals surface area contributed by atoms with Gasteiger partial charge in [0.15, 0.2) is 17.4 Å².